The van der Waals surface area contributed by atoms with Crippen LogP contribution in [0, 0.1) is 11.7 Å². The first-order valence-electron chi connectivity index (χ1n) is 8.40. The highest BCUT2D eigenvalue weighted by Crippen LogP contribution is 2.18. The first-order valence-corrected chi connectivity index (χ1v) is 8.40. The van der Waals surface area contributed by atoms with Gasteiger partial charge in [0.05, 0.1) is 6.42 Å². The summed E-state index contributed by atoms with van der Waals surface area (Å²) in [6.07, 6.45) is 3.68. The molecule has 0 spiro atoms. The Morgan fingerprint density at radius 1 is 1.30 bits per heavy atom. The van der Waals surface area contributed by atoms with Gasteiger partial charge in [-0.05, 0) is 37.0 Å². The van der Waals surface area contributed by atoms with E-state index in [1.165, 1.54) is 12.1 Å². The molecule has 1 aromatic carbocycles. The van der Waals surface area contributed by atoms with Gasteiger partial charge in [0.25, 0.3) is 0 Å². The van der Waals surface area contributed by atoms with E-state index in [1.807, 2.05) is 0 Å². The third-order valence-electron chi connectivity index (χ3n) is 4.29. The van der Waals surface area contributed by atoms with Crippen molar-refractivity contribution in [2.24, 2.45) is 5.92 Å². The van der Waals surface area contributed by atoms with Crippen LogP contribution in [0.25, 0.3) is 0 Å². The van der Waals surface area contributed by atoms with E-state index in [0.717, 1.165) is 19.4 Å². The van der Waals surface area contributed by atoms with Crippen LogP contribution >= 0.6 is 0 Å². The van der Waals surface area contributed by atoms with Crippen LogP contribution in [-0.4, -0.2) is 36.3 Å². The molecular formula is C18H25FN2O2. The first kappa shape index (κ1) is 17.4. The molecule has 5 heteroatoms. The molecule has 1 aliphatic heterocycles. The van der Waals surface area contributed by atoms with E-state index in [1.54, 1.807) is 17.0 Å². The fraction of sp³-hybridized carbons (Fsp3) is 0.556. The molecule has 0 atom stereocenters. The standard InChI is InChI=1S/C18H25FN2O2/c1-2-3-9-20-18(23)15-7-10-21(11-8-15)17(22)13-14-5-4-6-16(19)12-14/h4-6,12,15H,2-3,7-11,13H2,1H3,(H,20,23). The van der Waals surface area contributed by atoms with Crippen molar-refractivity contribution >= 4 is 11.8 Å². The summed E-state index contributed by atoms with van der Waals surface area (Å²) in [5.41, 5.74) is 0.689. The number of benzene rings is 1. The third-order valence-corrected chi connectivity index (χ3v) is 4.29. The van der Waals surface area contributed by atoms with Crippen LogP contribution in [0.4, 0.5) is 4.39 Å². The first-order chi connectivity index (χ1) is 11.1. The fourth-order valence-corrected chi connectivity index (χ4v) is 2.86. The maximum Gasteiger partial charge on any atom is 0.226 e. The summed E-state index contributed by atoms with van der Waals surface area (Å²) in [7, 11) is 0. The third kappa shape index (κ3) is 5.34. The molecule has 0 aromatic heterocycles. The van der Waals surface area contributed by atoms with Crippen LogP contribution in [0.2, 0.25) is 0 Å². The number of hydrogen-bond acceptors (Lipinski definition) is 2. The zero-order valence-electron chi connectivity index (χ0n) is 13.7. The molecule has 1 aromatic rings. The summed E-state index contributed by atoms with van der Waals surface area (Å²) in [5, 5.41) is 2.96. The number of piperidine rings is 1. The highest BCUT2D eigenvalue weighted by molar-refractivity contribution is 5.81. The van der Waals surface area contributed by atoms with Crippen molar-refractivity contribution in [2.75, 3.05) is 19.6 Å². The van der Waals surface area contributed by atoms with Gasteiger partial charge in [-0.25, -0.2) is 4.39 Å². The van der Waals surface area contributed by atoms with Crippen LogP contribution in [0.1, 0.15) is 38.2 Å². The summed E-state index contributed by atoms with van der Waals surface area (Å²) in [6, 6.07) is 6.14. The zero-order valence-corrected chi connectivity index (χ0v) is 13.7. The van der Waals surface area contributed by atoms with Gasteiger partial charge in [0, 0.05) is 25.6 Å². The maximum absolute atomic E-state index is 13.2. The van der Waals surface area contributed by atoms with E-state index < -0.39 is 0 Å². The number of carbonyl (C=O) groups is 2. The van der Waals surface area contributed by atoms with Crippen molar-refractivity contribution in [3.8, 4) is 0 Å². The molecule has 126 valence electrons. The molecule has 4 nitrogen and oxygen atoms in total. The van der Waals surface area contributed by atoms with E-state index >= 15 is 0 Å². The van der Waals surface area contributed by atoms with Crippen molar-refractivity contribution in [2.45, 2.75) is 39.0 Å². The van der Waals surface area contributed by atoms with Crippen LogP contribution in [0.3, 0.4) is 0 Å². The average molecular weight is 320 g/mol. The second-order valence-electron chi connectivity index (χ2n) is 6.11. The number of rotatable bonds is 6. The molecule has 23 heavy (non-hydrogen) atoms. The molecule has 1 fully saturated rings. The van der Waals surface area contributed by atoms with Crippen molar-refractivity contribution < 1.29 is 14.0 Å². The summed E-state index contributed by atoms with van der Waals surface area (Å²) in [6.45, 7) is 4.02. The normalized spacial score (nSPS) is 15.5. The zero-order chi connectivity index (χ0) is 16.7. The lowest BCUT2D eigenvalue weighted by Gasteiger charge is -2.31. The number of nitrogens with zero attached hydrogens (tertiary/aromatic N) is 1. The molecule has 0 saturated carbocycles. The Labute approximate surface area is 137 Å². The number of likely N-dealkylation sites (tertiary alicyclic amines) is 1. The number of amides is 2. The molecule has 1 saturated heterocycles. The molecule has 0 aliphatic carbocycles. The van der Waals surface area contributed by atoms with Crippen LogP contribution in [0.15, 0.2) is 24.3 Å². The predicted octanol–water partition coefficient (Wildman–Crippen LogP) is 2.52. The van der Waals surface area contributed by atoms with E-state index in [0.29, 0.717) is 31.5 Å². The van der Waals surface area contributed by atoms with Crippen molar-refractivity contribution in [1.82, 2.24) is 10.2 Å². The Hall–Kier alpha value is -1.91. The Morgan fingerprint density at radius 2 is 2.04 bits per heavy atom. The quantitative estimate of drug-likeness (QED) is 0.819. The summed E-state index contributed by atoms with van der Waals surface area (Å²) in [4.78, 5) is 26.1. The Bertz CT molecular complexity index is 540. The lowest BCUT2D eigenvalue weighted by atomic mass is 9.95. The van der Waals surface area contributed by atoms with Crippen molar-refractivity contribution in [3.63, 3.8) is 0 Å². The van der Waals surface area contributed by atoms with Crippen LogP contribution in [-0.2, 0) is 16.0 Å². The van der Waals surface area contributed by atoms with E-state index in [4.69, 9.17) is 0 Å². The lowest BCUT2D eigenvalue weighted by Crippen LogP contribution is -2.43. The topological polar surface area (TPSA) is 49.4 Å². The van der Waals surface area contributed by atoms with Crippen LogP contribution in [0.5, 0.6) is 0 Å². The van der Waals surface area contributed by atoms with Gasteiger partial charge in [-0.15, -0.1) is 0 Å². The second kappa shape index (κ2) is 8.65. The lowest BCUT2D eigenvalue weighted by molar-refractivity contribution is -0.135. The van der Waals surface area contributed by atoms with Gasteiger partial charge < -0.3 is 10.2 Å². The minimum Gasteiger partial charge on any atom is -0.356 e. The summed E-state index contributed by atoms with van der Waals surface area (Å²) in [5.74, 6) is -0.209. The average Bonchev–Trinajstić information content (AvgIpc) is 2.55. The van der Waals surface area contributed by atoms with Gasteiger partial charge in [-0.3, -0.25) is 9.59 Å². The monoisotopic (exact) mass is 320 g/mol. The molecule has 0 bridgehead atoms. The van der Waals surface area contributed by atoms with Crippen molar-refractivity contribution in [3.05, 3.63) is 35.6 Å². The molecule has 2 amide bonds. The van der Waals surface area contributed by atoms with E-state index in [-0.39, 0.29) is 30.0 Å². The Morgan fingerprint density at radius 3 is 2.70 bits per heavy atom. The van der Waals surface area contributed by atoms with Gasteiger partial charge in [0.15, 0.2) is 0 Å². The molecule has 1 heterocycles. The maximum atomic E-state index is 13.2. The van der Waals surface area contributed by atoms with Crippen molar-refractivity contribution in [1.29, 1.82) is 0 Å². The molecule has 0 unspecified atom stereocenters. The summed E-state index contributed by atoms with van der Waals surface area (Å²) < 4.78 is 13.2. The smallest absolute Gasteiger partial charge is 0.226 e. The number of carbonyl (C=O) groups excluding carboxylic acids is 2. The van der Waals surface area contributed by atoms with Gasteiger partial charge in [-0.2, -0.15) is 0 Å². The van der Waals surface area contributed by atoms with Gasteiger partial charge >= 0.3 is 0 Å². The highest BCUT2D eigenvalue weighted by Gasteiger charge is 2.27. The van der Waals surface area contributed by atoms with Crippen LogP contribution < -0.4 is 5.32 Å². The number of halogens is 1. The predicted molar refractivity (Wildman–Crippen MR) is 87.3 cm³/mol. The van der Waals surface area contributed by atoms with Gasteiger partial charge in [0.2, 0.25) is 11.8 Å². The molecule has 1 aliphatic rings. The SMILES string of the molecule is CCCCNC(=O)C1CCN(C(=O)Cc2cccc(F)c2)CC1. The molecule has 1 N–H and O–H groups in total. The van der Waals surface area contributed by atoms with E-state index in [9.17, 15) is 14.0 Å². The number of hydrogen-bond donors (Lipinski definition) is 1. The minimum atomic E-state index is -0.322. The molecular weight excluding hydrogens is 295 g/mol. The summed E-state index contributed by atoms with van der Waals surface area (Å²) >= 11 is 0. The Balaban J connectivity index is 1.77. The second-order valence-corrected chi connectivity index (χ2v) is 6.11. The minimum absolute atomic E-state index is 0.000408. The number of nitrogens with one attached hydrogen (secondary N) is 1. The largest absolute Gasteiger partial charge is 0.356 e. The highest BCUT2D eigenvalue weighted by atomic mass is 19.1. The molecule has 0 radical (unpaired) electrons. The van der Waals surface area contributed by atoms with Gasteiger partial charge in [0.1, 0.15) is 5.82 Å². The Kier molecular flexibility index (Phi) is 6.56. The molecule has 2 rings (SSSR count). The van der Waals surface area contributed by atoms with Gasteiger partial charge in [-0.1, -0.05) is 25.5 Å². The number of unbranched alkanes of at least 4 members (excludes halogenated alkanes) is 1. The van der Waals surface area contributed by atoms with E-state index in [2.05, 4.69) is 12.2 Å². The fourth-order valence-electron chi connectivity index (χ4n) is 2.86.